The SMILES string of the molecule is COc1ncnc2c1[nH]c(=S)n2CC1CN(C)CCO1. The normalized spacial score (nSPS) is 20.4. The summed E-state index contributed by atoms with van der Waals surface area (Å²) in [7, 11) is 3.67. The number of ether oxygens (including phenoxy) is 2. The zero-order chi connectivity index (χ0) is 14.1. The third-order valence-electron chi connectivity index (χ3n) is 3.45. The van der Waals surface area contributed by atoms with Crippen LogP contribution in [0.25, 0.3) is 11.2 Å². The van der Waals surface area contributed by atoms with Crippen LogP contribution in [0.5, 0.6) is 5.88 Å². The van der Waals surface area contributed by atoms with Gasteiger partial charge in [-0.15, -0.1) is 0 Å². The van der Waals surface area contributed by atoms with Gasteiger partial charge >= 0.3 is 0 Å². The number of likely N-dealkylation sites (N-methyl/N-ethyl adjacent to an activating group) is 1. The van der Waals surface area contributed by atoms with Crippen LogP contribution in [-0.4, -0.2) is 64.4 Å². The molecule has 1 aliphatic heterocycles. The highest BCUT2D eigenvalue weighted by Crippen LogP contribution is 2.20. The predicted octanol–water partition coefficient (Wildman–Crippen LogP) is 0.828. The van der Waals surface area contributed by atoms with Gasteiger partial charge in [0.25, 0.3) is 0 Å². The third kappa shape index (κ3) is 2.41. The molecule has 3 rings (SSSR count). The Morgan fingerprint density at radius 3 is 3.15 bits per heavy atom. The monoisotopic (exact) mass is 295 g/mol. The van der Waals surface area contributed by atoms with Crippen molar-refractivity contribution < 1.29 is 9.47 Å². The molecule has 0 spiro atoms. The average Bonchev–Trinajstić information content (AvgIpc) is 2.75. The van der Waals surface area contributed by atoms with Crippen LogP contribution in [0, 0.1) is 4.77 Å². The summed E-state index contributed by atoms with van der Waals surface area (Å²) in [5.74, 6) is 0.501. The van der Waals surface area contributed by atoms with Crippen LogP contribution in [0.4, 0.5) is 0 Å². The molecule has 108 valence electrons. The van der Waals surface area contributed by atoms with Crippen molar-refractivity contribution in [2.24, 2.45) is 0 Å². The van der Waals surface area contributed by atoms with Gasteiger partial charge in [-0.05, 0) is 19.3 Å². The number of aromatic nitrogens is 4. The number of hydrogen-bond donors (Lipinski definition) is 1. The van der Waals surface area contributed by atoms with Crippen molar-refractivity contribution >= 4 is 23.4 Å². The van der Waals surface area contributed by atoms with Crippen LogP contribution >= 0.6 is 12.2 Å². The van der Waals surface area contributed by atoms with Gasteiger partial charge in [0.2, 0.25) is 5.88 Å². The summed E-state index contributed by atoms with van der Waals surface area (Å²) in [6.07, 6.45) is 1.59. The van der Waals surface area contributed by atoms with E-state index < -0.39 is 0 Å². The van der Waals surface area contributed by atoms with E-state index in [1.165, 1.54) is 6.33 Å². The predicted molar refractivity (Wildman–Crippen MR) is 76.5 cm³/mol. The maximum Gasteiger partial charge on any atom is 0.242 e. The van der Waals surface area contributed by atoms with Gasteiger partial charge in [0, 0.05) is 13.1 Å². The number of nitrogens with zero attached hydrogens (tertiary/aromatic N) is 4. The highest BCUT2D eigenvalue weighted by Gasteiger charge is 2.20. The summed E-state index contributed by atoms with van der Waals surface area (Å²) in [5, 5.41) is 0. The molecular formula is C12H17N5O2S. The summed E-state index contributed by atoms with van der Waals surface area (Å²) in [4.78, 5) is 13.7. The number of methoxy groups -OCH3 is 1. The van der Waals surface area contributed by atoms with Crippen molar-refractivity contribution in [1.29, 1.82) is 0 Å². The topological polar surface area (TPSA) is 68.2 Å². The lowest BCUT2D eigenvalue weighted by Crippen LogP contribution is -2.42. The van der Waals surface area contributed by atoms with E-state index in [1.807, 2.05) is 4.57 Å². The average molecular weight is 295 g/mol. The smallest absolute Gasteiger partial charge is 0.242 e. The van der Waals surface area contributed by atoms with Crippen molar-refractivity contribution in [3.05, 3.63) is 11.1 Å². The van der Waals surface area contributed by atoms with Crippen LogP contribution in [0.1, 0.15) is 0 Å². The van der Waals surface area contributed by atoms with Crippen LogP contribution < -0.4 is 4.74 Å². The molecule has 0 bridgehead atoms. The fourth-order valence-corrected chi connectivity index (χ4v) is 2.71. The van der Waals surface area contributed by atoms with Gasteiger partial charge in [-0.2, -0.15) is 4.98 Å². The van der Waals surface area contributed by atoms with E-state index in [9.17, 15) is 0 Å². The van der Waals surface area contributed by atoms with Gasteiger partial charge < -0.3 is 19.4 Å². The Morgan fingerprint density at radius 1 is 1.55 bits per heavy atom. The summed E-state index contributed by atoms with van der Waals surface area (Å²) in [5.41, 5.74) is 1.47. The molecule has 3 heterocycles. The Bertz CT molecular complexity index is 667. The first-order valence-corrected chi connectivity index (χ1v) is 6.87. The van der Waals surface area contributed by atoms with Gasteiger partial charge in [0.05, 0.1) is 26.4 Å². The van der Waals surface area contributed by atoms with E-state index in [1.54, 1.807) is 7.11 Å². The number of rotatable bonds is 3. The minimum Gasteiger partial charge on any atom is -0.479 e. The van der Waals surface area contributed by atoms with Gasteiger partial charge in [-0.25, -0.2) is 4.98 Å². The zero-order valence-electron chi connectivity index (χ0n) is 11.5. The Labute approximate surface area is 121 Å². The van der Waals surface area contributed by atoms with Gasteiger partial charge in [-0.1, -0.05) is 0 Å². The second kappa shape index (κ2) is 5.47. The molecule has 1 unspecified atom stereocenters. The standard InChI is InChI=1S/C12H17N5O2S/c1-16-3-4-19-8(5-16)6-17-10-9(15-12(17)20)11(18-2)14-7-13-10/h7-8H,3-6H2,1-2H3,(H,15,20). The maximum atomic E-state index is 5.78. The van der Waals surface area contributed by atoms with Crippen molar-refractivity contribution in [3.8, 4) is 5.88 Å². The molecule has 0 amide bonds. The lowest BCUT2D eigenvalue weighted by Gasteiger charge is -2.30. The van der Waals surface area contributed by atoms with Crippen LogP contribution in [0.3, 0.4) is 0 Å². The summed E-state index contributed by atoms with van der Waals surface area (Å²) < 4.78 is 13.6. The molecule has 0 aliphatic carbocycles. The molecule has 1 aliphatic rings. The van der Waals surface area contributed by atoms with Crippen LogP contribution in [0.15, 0.2) is 6.33 Å². The first-order valence-electron chi connectivity index (χ1n) is 6.46. The molecule has 0 saturated carbocycles. The van der Waals surface area contributed by atoms with Crippen molar-refractivity contribution in [1.82, 2.24) is 24.4 Å². The first-order chi connectivity index (χ1) is 9.69. The molecule has 0 radical (unpaired) electrons. The second-order valence-corrected chi connectivity index (χ2v) is 5.26. The molecule has 1 saturated heterocycles. The molecule has 0 aromatic carbocycles. The zero-order valence-corrected chi connectivity index (χ0v) is 12.3. The van der Waals surface area contributed by atoms with E-state index in [-0.39, 0.29) is 6.10 Å². The van der Waals surface area contributed by atoms with Gasteiger partial charge in [0.1, 0.15) is 11.8 Å². The molecule has 7 nitrogen and oxygen atoms in total. The number of imidazole rings is 1. The number of H-pyrrole nitrogens is 1. The Kier molecular flexibility index (Phi) is 3.68. The van der Waals surface area contributed by atoms with Crippen molar-refractivity contribution in [3.63, 3.8) is 0 Å². The minimum atomic E-state index is 0.111. The number of aromatic amines is 1. The fourth-order valence-electron chi connectivity index (χ4n) is 2.45. The van der Waals surface area contributed by atoms with Crippen LogP contribution in [-0.2, 0) is 11.3 Å². The quantitative estimate of drug-likeness (QED) is 0.846. The fraction of sp³-hybridized carbons (Fsp3) is 0.583. The van der Waals surface area contributed by atoms with E-state index in [0.717, 1.165) is 30.9 Å². The Morgan fingerprint density at radius 2 is 2.40 bits per heavy atom. The first kappa shape index (κ1) is 13.5. The van der Waals surface area contributed by atoms with E-state index >= 15 is 0 Å². The summed E-state index contributed by atoms with van der Waals surface area (Å²) in [6, 6.07) is 0. The lowest BCUT2D eigenvalue weighted by molar-refractivity contribution is -0.0271. The minimum absolute atomic E-state index is 0.111. The Hall–Kier alpha value is -1.51. The molecule has 2 aromatic rings. The second-order valence-electron chi connectivity index (χ2n) is 4.88. The molecule has 2 aromatic heterocycles. The third-order valence-corrected chi connectivity index (χ3v) is 3.77. The molecule has 8 heteroatoms. The summed E-state index contributed by atoms with van der Waals surface area (Å²) >= 11 is 5.37. The van der Waals surface area contributed by atoms with Gasteiger partial charge in [0.15, 0.2) is 10.4 Å². The molecule has 20 heavy (non-hydrogen) atoms. The Balaban J connectivity index is 1.95. The lowest BCUT2D eigenvalue weighted by atomic mass is 10.3. The number of nitrogens with one attached hydrogen (secondary N) is 1. The maximum absolute atomic E-state index is 5.78. The molecule has 1 N–H and O–H groups in total. The number of fused-ring (bicyclic) bond motifs is 1. The van der Waals surface area contributed by atoms with Crippen LogP contribution in [0.2, 0.25) is 0 Å². The summed E-state index contributed by atoms with van der Waals surface area (Å²) in [6.45, 7) is 3.26. The number of hydrogen-bond acceptors (Lipinski definition) is 6. The van der Waals surface area contributed by atoms with E-state index in [0.29, 0.717) is 17.2 Å². The van der Waals surface area contributed by atoms with Gasteiger partial charge in [-0.3, -0.25) is 4.57 Å². The van der Waals surface area contributed by atoms with Crippen molar-refractivity contribution in [2.75, 3.05) is 33.9 Å². The van der Waals surface area contributed by atoms with Crippen molar-refractivity contribution in [2.45, 2.75) is 12.6 Å². The largest absolute Gasteiger partial charge is 0.479 e. The molecular weight excluding hydrogens is 278 g/mol. The molecule has 1 atom stereocenters. The number of morpholine rings is 1. The molecule has 1 fully saturated rings. The highest BCUT2D eigenvalue weighted by atomic mass is 32.1. The van der Waals surface area contributed by atoms with E-state index in [4.69, 9.17) is 21.7 Å². The van der Waals surface area contributed by atoms with E-state index in [2.05, 4.69) is 26.9 Å². The highest BCUT2D eigenvalue weighted by molar-refractivity contribution is 7.71.